The van der Waals surface area contributed by atoms with E-state index in [4.69, 9.17) is 9.47 Å². The molecule has 0 fully saturated rings. The summed E-state index contributed by atoms with van der Waals surface area (Å²) in [7, 11) is -2.47. The van der Waals surface area contributed by atoms with Gasteiger partial charge in [0.25, 0.3) is 10.0 Å². The van der Waals surface area contributed by atoms with Gasteiger partial charge in [0.2, 0.25) is 0 Å². The quantitative estimate of drug-likeness (QED) is 0.305. The number of hydrogen-bond donors (Lipinski definition) is 2. The number of fused-ring (bicyclic) bond motifs is 3. The molecule has 1 aliphatic carbocycles. The predicted octanol–water partition coefficient (Wildman–Crippen LogP) is 5.87. The molecule has 0 aliphatic heterocycles. The number of methoxy groups -OCH3 is 1. The van der Waals surface area contributed by atoms with Crippen LogP contribution in [0, 0.1) is 6.92 Å². The fraction of sp³-hybridized carbons (Fsp3) is 0.323. The molecule has 1 atom stereocenters. The number of carbonyl (C=O) groups excluding carboxylic acids is 1. The minimum atomic E-state index is -4.00. The molecular weight excluding hydrogens is 528 g/mol. The number of benzene rings is 3. The molecule has 3 aromatic carbocycles. The molecule has 0 bridgehead atoms. The van der Waals surface area contributed by atoms with Gasteiger partial charge in [0.15, 0.2) is 0 Å². The Balaban J connectivity index is 1.70. The smallest absolute Gasteiger partial charge is 0.408 e. The summed E-state index contributed by atoms with van der Waals surface area (Å²) in [5, 5.41) is 13.6. The molecule has 2 N–H and O–H groups in total. The third-order valence-electron chi connectivity index (χ3n) is 7.08. The largest absolute Gasteiger partial charge is 0.497 e. The Bertz CT molecular complexity index is 1680. The van der Waals surface area contributed by atoms with Crippen molar-refractivity contribution in [1.82, 2.24) is 9.29 Å². The number of aryl methyl sites for hydroxylation is 2. The van der Waals surface area contributed by atoms with Crippen LogP contribution in [0.2, 0.25) is 0 Å². The normalized spacial score (nSPS) is 15.2. The summed E-state index contributed by atoms with van der Waals surface area (Å²) in [6.45, 7) is 7.14. The van der Waals surface area contributed by atoms with Crippen LogP contribution in [-0.4, -0.2) is 36.3 Å². The number of nitrogens with zero attached hydrogens (tertiary/aromatic N) is 1. The minimum Gasteiger partial charge on any atom is -0.497 e. The third kappa shape index (κ3) is 5.19. The van der Waals surface area contributed by atoms with Crippen molar-refractivity contribution in [1.29, 1.82) is 0 Å². The standard InChI is InChI=1S/C31H34N2O6S/c1-19-6-8-23(9-7-19)40(36,37)33-28-13-11-25-24(10-12-27(25)32-30(35)39-31(2,3)4)26(28)17-29(33)21-14-20(18-34)15-22(16-21)38-5/h6-9,11,13-17,27,34H,10,12,18H2,1-5H3,(H,32,35). The van der Waals surface area contributed by atoms with Gasteiger partial charge in [-0.15, -0.1) is 0 Å². The number of hydrogen-bond acceptors (Lipinski definition) is 6. The number of nitrogens with one attached hydrogen (secondary N) is 1. The van der Waals surface area contributed by atoms with Gasteiger partial charge in [-0.25, -0.2) is 17.2 Å². The van der Waals surface area contributed by atoms with Gasteiger partial charge in [0.05, 0.1) is 35.9 Å². The fourth-order valence-electron chi connectivity index (χ4n) is 5.27. The van der Waals surface area contributed by atoms with Crippen LogP contribution in [0.1, 0.15) is 55.5 Å². The summed E-state index contributed by atoms with van der Waals surface area (Å²) in [5.41, 5.74) is 4.48. The second kappa shape index (κ2) is 10.3. The summed E-state index contributed by atoms with van der Waals surface area (Å²) in [5.74, 6) is 0.512. The van der Waals surface area contributed by atoms with Crippen LogP contribution in [0.5, 0.6) is 5.75 Å². The lowest BCUT2D eigenvalue weighted by Gasteiger charge is -2.22. The molecule has 0 radical (unpaired) electrons. The van der Waals surface area contributed by atoms with Crippen molar-refractivity contribution < 1.29 is 27.8 Å². The van der Waals surface area contributed by atoms with E-state index in [-0.39, 0.29) is 17.5 Å². The SMILES string of the molecule is COc1cc(CO)cc(-c2cc3c4c(ccc3n2S(=O)(=O)c2ccc(C)cc2)C(NC(=O)OC(C)(C)C)CC4)c1. The Morgan fingerprint density at radius 2 is 1.80 bits per heavy atom. The first-order chi connectivity index (χ1) is 18.9. The van der Waals surface area contributed by atoms with E-state index in [0.29, 0.717) is 40.9 Å². The summed E-state index contributed by atoms with van der Waals surface area (Å²) in [6.07, 6.45) is 0.854. The van der Waals surface area contributed by atoms with Crippen LogP contribution in [0.3, 0.4) is 0 Å². The zero-order valence-electron chi connectivity index (χ0n) is 23.3. The number of ether oxygens (including phenoxy) is 2. The molecule has 1 aliphatic rings. The van der Waals surface area contributed by atoms with E-state index in [2.05, 4.69) is 5.32 Å². The molecule has 1 unspecified atom stereocenters. The molecule has 8 nitrogen and oxygen atoms in total. The molecule has 0 saturated heterocycles. The van der Waals surface area contributed by atoms with Crippen LogP contribution in [0.25, 0.3) is 22.2 Å². The highest BCUT2D eigenvalue weighted by Gasteiger charge is 2.31. The first-order valence-corrected chi connectivity index (χ1v) is 14.6. The molecule has 4 aromatic rings. The number of alkyl carbamates (subject to hydrolysis) is 1. The molecular formula is C31H34N2O6S. The highest BCUT2D eigenvalue weighted by atomic mass is 32.2. The van der Waals surface area contributed by atoms with E-state index in [1.54, 1.807) is 48.5 Å². The second-order valence-electron chi connectivity index (χ2n) is 11.1. The first-order valence-electron chi connectivity index (χ1n) is 13.2. The highest BCUT2D eigenvalue weighted by Crippen LogP contribution is 2.41. The maximum absolute atomic E-state index is 14.2. The average molecular weight is 563 g/mol. The lowest BCUT2D eigenvalue weighted by molar-refractivity contribution is 0.0503. The van der Waals surface area contributed by atoms with Crippen molar-refractivity contribution in [2.24, 2.45) is 0 Å². The van der Waals surface area contributed by atoms with E-state index >= 15 is 0 Å². The van der Waals surface area contributed by atoms with E-state index < -0.39 is 21.7 Å². The number of aliphatic hydroxyl groups excluding tert-OH is 1. The number of carbonyl (C=O) groups is 1. The minimum absolute atomic E-state index is 0.173. The van der Waals surface area contributed by atoms with E-state index in [9.17, 15) is 18.3 Å². The summed E-state index contributed by atoms with van der Waals surface area (Å²) < 4.78 is 40.6. The van der Waals surface area contributed by atoms with Gasteiger partial charge in [-0.3, -0.25) is 0 Å². The third-order valence-corrected chi connectivity index (χ3v) is 8.82. The highest BCUT2D eigenvalue weighted by molar-refractivity contribution is 7.90. The number of amides is 1. The monoisotopic (exact) mass is 562 g/mol. The zero-order valence-corrected chi connectivity index (χ0v) is 24.1. The van der Waals surface area contributed by atoms with E-state index in [0.717, 1.165) is 22.1 Å². The topological polar surface area (TPSA) is 107 Å². The fourth-order valence-corrected chi connectivity index (χ4v) is 6.80. The molecule has 5 rings (SSSR count). The molecule has 0 spiro atoms. The average Bonchev–Trinajstić information content (AvgIpc) is 3.49. The molecule has 210 valence electrons. The van der Waals surface area contributed by atoms with Crippen LogP contribution < -0.4 is 10.1 Å². The zero-order chi connectivity index (χ0) is 28.8. The van der Waals surface area contributed by atoms with Crippen molar-refractivity contribution in [2.75, 3.05) is 7.11 Å². The van der Waals surface area contributed by atoms with Crippen LogP contribution in [-0.2, 0) is 27.8 Å². The van der Waals surface area contributed by atoms with E-state index in [1.807, 2.05) is 39.8 Å². The molecule has 1 heterocycles. The Labute approximate surface area is 234 Å². The van der Waals surface area contributed by atoms with E-state index in [1.165, 1.54) is 11.1 Å². The number of aliphatic hydroxyl groups is 1. The Hall–Kier alpha value is -3.82. The van der Waals surface area contributed by atoms with Crippen molar-refractivity contribution in [3.63, 3.8) is 0 Å². The van der Waals surface area contributed by atoms with Gasteiger partial charge in [0.1, 0.15) is 11.4 Å². The predicted molar refractivity (Wildman–Crippen MR) is 154 cm³/mol. The van der Waals surface area contributed by atoms with Crippen LogP contribution >= 0.6 is 0 Å². The summed E-state index contributed by atoms with van der Waals surface area (Å²) in [4.78, 5) is 12.7. The van der Waals surface area contributed by atoms with Gasteiger partial charge < -0.3 is 19.9 Å². The maximum Gasteiger partial charge on any atom is 0.408 e. The summed E-state index contributed by atoms with van der Waals surface area (Å²) in [6, 6.07) is 17.4. The van der Waals surface area contributed by atoms with Gasteiger partial charge in [0, 0.05) is 10.9 Å². The Morgan fingerprint density at radius 1 is 1.07 bits per heavy atom. The Kier molecular flexibility index (Phi) is 7.14. The van der Waals surface area contributed by atoms with Crippen molar-refractivity contribution in [2.45, 2.75) is 63.7 Å². The van der Waals surface area contributed by atoms with Crippen molar-refractivity contribution in [3.05, 3.63) is 82.9 Å². The van der Waals surface area contributed by atoms with Crippen molar-refractivity contribution >= 4 is 27.0 Å². The molecule has 9 heteroatoms. The molecule has 0 saturated carbocycles. The number of aromatic nitrogens is 1. The van der Waals surface area contributed by atoms with Gasteiger partial charge in [-0.2, -0.15) is 0 Å². The Morgan fingerprint density at radius 3 is 2.45 bits per heavy atom. The van der Waals surface area contributed by atoms with Crippen molar-refractivity contribution in [3.8, 4) is 17.0 Å². The summed E-state index contributed by atoms with van der Waals surface area (Å²) >= 11 is 0. The molecule has 40 heavy (non-hydrogen) atoms. The second-order valence-corrected chi connectivity index (χ2v) is 12.9. The van der Waals surface area contributed by atoms with Gasteiger partial charge in [-0.1, -0.05) is 23.8 Å². The lowest BCUT2D eigenvalue weighted by Crippen LogP contribution is -2.34. The molecule has 1 amide bonds. The first kappa shape index (κ1) is 27.7. The van der Waals surface area contributed by atoms with Gasteiger partial charge >= 0.3 is 6.09 Å². The van der Waals surface area contributed by atoms with Gasteiger partial charge in [-0.05, 0) is 99.7 Å². The molecule has 1 aromatic heterocycles. The maximum atomic E-state index is 14.2. The number of rotatable bonds is 6. The van der Waals surface area contributed by atoms with Crippen LogP contribution in [0.4, 0.5) is 4.79 Å². The van der Waals surface area contributed by atoms with Crippen LogP contribution in [0.15, 0.2) is 65.6 Å². The lowest BCUT2D eigenvalue weighted by atomic mass is 10.0.